The van der Waals surface area contributed by atoms with E-state index in [4.69, 9.17) is 16.2 Å². The van der Waals surface area contributed by atoms with Gasteiger partial charge in [0.05, 0.1) is 31.1 Å². The number of aliphatic hydroxyl groups is 1. The van der Waals surface area contributed by atoms with E-state index in [2.05, 4.69) is 4.98 Å². The topological polar surface area (TPSA) is 94.4 Å². The monoisotopic (exact) mass is 197 g/mol. The predicted octanol–water partition coefficient (Wildman–Crippen LogP) is 0.0530. The van der Waals surface area contributed by atoms with Crippen LogP contribution in [0.4, 0.5) is 5.69 Å². The lowest BCUT2D eigenvalue weighted by Crippen LogP contribution is -2.24. The van der Waals surface area contributed by atoms with Gasteiger partial charge >= 0.3 is 0 Å². The molecule has 78 valence electrons. The van der Waals surface area contributed by atoms with Crippen LogP contribution in [0.1, 0.15) is 18.5 Å². The number of nitrogens with zero attached hydrogens (tertiary/aromatic N) is 1. The van der Waals surface area contributed by atoms with Crippen molar-refractivity contribution in [2.75, 3.05) is 12.8 Å². The van der Waals surface area contributed by atoms with Gasteiger partial charge in [0.25, 0.3) is 0 Å². The molecule has 1 aromatic heterocycles. The molecule has 0 saturated heterocycles. The minimum atomic E-state index is -0.674. The van der Waals surface area contributed by atoms with Crippen molar-refractivity contribution in [3.8, 4) is 5.88 Å². The third-order valence-corrected chi connectivity index (χ3v) is 1.97. The Morgan fingerprint density at radius 1 is 1.57 bits per heavy atom. The molecule has 14 heavy (non-hydrogen) atoms. The molecular formula is C9H15N3O2. The number of nitrogen functional groups attached to an aromatic ring is 1. The van der Waals surface area contributed by atoms with Gasteiger partial charge in [-0.25, -0.2) is 4.98 Å². The number of hydrogen-bond donors (Lipinski definition) is 3. The SMILES string of the molecule is COc1ncc(N)cc1[C@H](N)[C@@H](C)O. The Morgan fingerprint density at radius 2 is 2.21 bits per heavy atom. The fourth-order valence-electron chi connectivity index (χ4n) is 1.16. The second-order valence-corrected chi connectivity index (χ2v) is 3.13. The maximum Gasteiger partial charge on any atom is 0.218 e. The van der Waals surface area contributed by atoms with E-state index in [1.54, 1.807) is 13.0 Å². The van der Waals surface area contributed by atoms with E-state index in [1.165, 1.54) is 13.3 Å². The van der Waals surface area contributed by atoms with Crippen LogP contribution >= 0.6 is 0 Å². The van der Waals surface area contributed by atoms with Crippen molar-refractivity contribution < 1.29 is 9.84 Å². The Hall–Kier alpha value is -1.33. The molecule has 1 heterocycles. The number of ether oxygens (including phenoxy) is 1. The molecule has 0 saturated carbocycles. The average molecular weight is 197 g/mol. The number of anilines is 1. The minimum absolute atomic E-state index is 0.396. The van der Waals surface area contributed by atoms with Crippen molar-refractivity contribution in [1.29, 1.82) is 0 Å². The van der Waals surface area contributed by atoms with Crippen LogP contribution in [0.2, 0.25) is 0 Å². The first kappa shape index (κ1) is 10.7. The summed E-state index contributed by atoms with van der Waals surface area (Å²) in [6, 6.07) is 1.12. The molecular weight excluding hydrogens is 182 g/mol. The summed E-state index contributed by atoms with van der Waals surface area (Å²) in [7, 11) is 1.50. The number of pyridine rings is 1. The lowest BCUT2D eigenvalue weighted by molar-refractivity contribution is 0.162. The highest BCUT2D eigenvalue weighted by molar-refractivity contribution is 5.44. The summed E-state index contributed by atoms with van der Waals surface area (Å²) in [6.45, 7) is 1.60. The van der Waals surface area contributed by atoms with Crippen molar-refractivity contribution in [2.24, 2.45) is 5.73 Å². The number of rotatable bonds is 3. The summed E-state index contributed by atoms with van der Waals surface area (Å²) < 4.78 is 5.01. The van der Waals surface area contributed by atoms with Gasteiger partial charge in [-0.05, 0) is 13.0 Å². The Labute approximate surface area is 82.7 Å². The highest BCUT2D eigenvalue weighted by Gasteiger charge is 2.17. The van der Waals surface area contributed by atoms with Crippen LogP contribution in [0.3, 0.4) is 0 Å². The molecule has 5 heteroatoms. The van der Waals surface area contributed by atoms with Crippen molar-refractivity contribution in [1.82, 2.24) is 4.98 Å². The molecule has 0 amide bonds. The summed E-state index contributed by atoms with van der Waals surface area (Å²) in [5.41, 5.74) is 12.4. The highest BCUT2D eigenvalue weighted by Crippen LogP contribution is 2.25. The van der Waals surface area contributed by atoms with Crippen LogP contribution in [0, 0.1) is 0 Å². The Balaban J connectivity index is 3.10. The van der Waals surface area contributed by atoms with Crippen LogP contribution in [-0.4, -0.2) is 23.3 Å². The standard InChI is InChI=1S/C9H15N3O2/c1-5(13)8(11)7-3-6(10)4-12-9(7)14-2/h3-5,8,13H,10-11H2,1-2H3/t5-,8-/m1/s1. The van der Waals surface area contributed by atoms with Crippen molar-refractivity contribution in [3.05, 3.63) is 17.8 Å². The Morgan fingerprint density at radius 3 is 2.71 bits per heavy atom. The van der Waals surface area contributed by atoms with Gasteiger partial charge in [0.15, 0.2) is 0 Å². The third kappa shape index (κ3) is 2.12. The normalized spacial score (nSPS) is 14.9. The number of nitrogens with two attached hydrogens (primary N) is 2. The lowest BCUT2D eigenvalue weighted by Gasteiger charge is -2.17. The average Bonchev–Trinajstić information content (AvgIpc) is 2.16. The van der Waals surface area contributed by atoms with Crippen LogP contribution in [0.15, 0.2) is 12.3 Å². The first-order valence-corrected chi connectivity index (χ1v) is 4.29. The van der Waals surface area contributed by atoms with Gasteiger partial charge in [-0.2, -0.15) is 0 Å². The number of methoxy groups -OCH3 is 1. The third-order valence-electron chi connectivity index (χ3n) is 1.97. The second kappa shape index (κ2) is 4.26. The quantitative estimate of drug-likeness (QED) is 0.636. The summed E-state index contributed by atoms with van der Waals surface area (Å²) in [5.74, 6) is 0.396. The van der Waals surface area contributed by atoms with Crippen LogP contribution < -0.4 is 16.2 Å². The molecule has 0 aliphatic heterocycles. The van der Waals surface area contributed by atoms with Crippen LogP contribution in [-0.2, 0) is 0 Å². The van der Waals surface area contributed by atoms with E-state index >= 15 is 0 Å². The number of aliphatic hydroxyl groups excluding tert-OH is 1. The maximum absolute atomic E-state index is 9.34. The van der Waals surface area contributed by atoms with Gasteiger partial charge < -0.3 is 21.3 Å². The fraction of sp³-hybridized carbons (Fsp3) is 0.444. The summed E-state index contributed by atoms with van der Waals surface area (Å²) in [4.78, 5) is 3.96. The Kier molecular flexibility index (Phi) is 3.27. The highest BCUT2D eigenvalue weighted by atomic mass is 16.5. The molecule has 0 bridgehead atoms. The molecule has 0 radical (unpaired) electrons. The molecule has 1 aromatic rings. The molecule has 0 unspecified atom stereocenters. The van der Waals surface area contributed by atoms with Gasteiger partial charge in [-0.1, -0.05) is 0 Å². The first-order valence-electron chi connectivity index (χ1n) is 4.29. The van der Waals surface area contributed by atoms with Gasteiger partial charge in [0.2, 0.25) is 5.88 Å². The van der Waals surface area contributed by atoms with E-state index in [1.807, 2.05) is 0 Å². The summed E-state index contributed by atoms with van der Waals surface area (Å²) in [6.07, 6.45) is 0.810. The van der Waals surface area contributed by atoms with E-state index < -0.39 is 12.1 Å². The molecule has 0 spiro atoms. The molecule has 0 aromatic carbocycles. The molecule has 2 atom stereocenters. The Bertz CT molecular complexity index is 315. The largest absolute Gasteiger partial charge is 0.481 e. The van der Waals surface area contributed by atoms with Crippen molar-refractivity contribution in [2.45, 2.75) is 19.1 Å². The fourth-order valence-corrected chi connectivity index (χ4v) is 1.16. The predicted molar refractivity (Wildman–Crippen MR) is 53.8 cm³/mol. The minimum Gasteiger partial charge on any atom is -0.481 e. The summed E-state index contributed by atoms with van der Waals surface area (Å²) >= 11 is 0. The van der Waals surface area contributed by atoms with Gasteiger partial charge in [0.1, 0.15) is 0 Å². The van der Waals surface area contributed by atoms with Crippen molar-refractivity contribution in [3.63, 3.8) is 0 Å². The molecule has 1 rings (SSSR count). The van der Waals surface area contributed by atoms with E-state index in [9.17, 15) is 5.11 Å². The zero-order valence-corrected chi connectivity index (χ0v) is 8.27. The van der Waals surface area contributed by atoms with Gasteiger partial charge in [0, 0.05) is 5.56 Å². The second-order valence-electron chi connectivity index (χ2n) is 3.13. The van der Waals surface area contributed by atoms with E-state index in [-0.39, 0.29) is 0 Å². The molecule has 0 aliphatic rings. The maximum atomic E-state index is 9.34. The molecule has 0 aliphatic carbocycles. The zero-order valence-electron chi connectivity index (χ0n) is 8.27. The number of aromatic nitrogens is 1. The van der Waals surface area contributed by atoms with E-state index in [0.29, 0.717) is 17.1 Å². The lowest BCUT2D eigenvalue weighted by atomic mass is 10.0. The van der Waals surface area contributed by atoms with Crippen LogP contribution in [0.25, 0.3) is 0 Å². The van der Waals surface area contributed by atoms with E-state index in [0.717, 1.165) is 0 Å². The van der Waals surface area contributed by atoms with Gasteiger partial charge in [-0.15, -0.1) is 0 Å². The molecule has 5 N–H and O–H groups in total. The van der Waals surface area contributed by atoms with Crippen molar-refractivity contribution >= 4 is 5.69 Å². The van der Waals surface area contributed by atoms with Gasteiger partial charge in [-0.3, -0.25) is 0 Å². The first-order chi connectivity index (χ1) is 6.56. The molecule has 0 fully saturated rings. The smallest absolute Gasteiger partial charge is 0.218 e. The molecule has 5 nitrogen and oxygen atoms in total. The van der Waals surface area contributed by atoms with Crippen LogP contribution in [0.5, 0.6) is 5.88 Å². The summed E-state index contributed by atoms with van der Waals surface area (Å²) in [5, 5.41) is 9.34. The number of hydrogen-bond acceptors (Lipinski definition) is 5. The zero-order chi connectivity index (χ0) is 10.7.